The minimum Gasteiger partial charge on any atom is -0.507 e. The zero-order valence-corrected chi connectivity index (χ0v) is 16.8. The normalized spacial score (nSPS) is 17.4. The van der Waals surface area contributed by atoms with Crippen LogP contribution in [-0.2, 0) is 9.59 Å². The molecule has 160 valence electrons. The Morgan fingerprint density at radius 2 is 1.84 bits per heavy atom. The molecule has 0 unspecified atom stereocenters. The number of benzene rings is 2. The molecule has 0 radical (unpaired) electrons. The summed E-state index contributed by atoms with van der Waals surface area (Å²) in [6.07, 6.45) is 1.48. The van der Waals surface area contributed by atoms with E-state index in [2.05, 4.69) is 4.98 Å². The summed E-state index contributed by atoms with van der Waals surface area (Å²) in [5, 5.41) is 22.1. The predicted octanol–water partition coefficient (Wildman–Crippen LogP) is 3.62. The largest absolute Gasteiger partial charge is 0.507 e. The van der Waals surface area contributed by atoms with Gasteiger partial charge in [-0.3, -0.25) is 24.6 Å². The van der Waals surface area contributed by atoms with Crippen LogP contribution in [0.5, 0.6) is 5.75 Å². The standard InChI is InChI=1S/C23H17N3O6/c1-32-17-6-4-5-15(13-17)21(27)19-20(14-8-10-16(11-9-14)26(30)31)25(23(29)22(19)28)18-7-2-3-12-24-18/h2-13,20,27H,1H3/t20-/m0/s1. The van der Waals surface area contributed by atoms with Crippen molar-refractivity contribution in [2.45, 2.75) is 6.04 Å². The summed E-state index contributed by atoms with van der Waals surface area (Å²) in [6, 6.07) is 15.8. The van der Waals surface area contributed by atoms with Crippen molar-refractivity contribution < 1.29 is 24.4 Å². The van der Waals surface area contributed by atoms with Crippen LogP contribution in [0.4, 0.5) is 11.5 Å². The van der Waals surface area contributed by atoms with Crippen molar-refractivity contribution in [2.75, 3.05) is 12.0 Å². The van der Waals surface area contributed by atoms with Crippen molar-refractivity contribution in [3.8, 4) is 5.75 Å². The molecule has 1 aromatic heterocycles. The predicted molar refractivity (Wildman–Crippen MR) is 115 cm³/mol. The van der Waals surface area contributed by atoms with Gasteiger partial charge in [0.15, 0.2) is 0 Å². The minimum atomic E-state index is -1.03. The van der Waals surface area contributed by atoms with E-state index in [9.17, 15) is 24.8 Å². The number of carbonyl (C=O) groups excluding carboxylic acids is 2. The van der Waals surface area contributed by atoms with Gasteiger partial charge < -0.3 is 9.84 Å². The minimum absolute atomic E-state index is 0.142. The molecule has 1 amide bonds. The number of hydrogen-bond donors (Lipinski definition) is 1. The van der Waals surface area contributed by atoms with Gasteiger partial charge in [-0.05, 0) is 42.0 Å². The Morgan fingerprint density at radius 1 is 1.09 bits per heavy atom. The van der Waals surface area contributed by atoms with Gasteiger partial charge in [0.05, 0.1) is 23.6 Å². The summed E-state index contributed by atoms with van der Waals surface area (Å²) in [7, 11) is 1.47. The van der Waals surface area contributed by atoms with Crippen LogP contribution in [0.2, 0.25) is 0 Å². The molecule has 1 N–H and O–H groups in total. The summed E-state index contributed by atoms with van der Waals surface area (Å²) in [5.41, 5.74) is 0.402. The lowest BCUT2D eigenvalue weighted by Gasteiger charge is -2.24. The smallest absolute Gasteiger partial charge is 0.301 e. The number of nitrogens with zero attached hydrogens (tertiary/aromatic N) is 3. The van der Waals surface area contributed by atoms with Crippen LogP contribution in [0.25, 0.3) is 5.76 Å². The first-order valence-corrected chi connectivity index (χ1v) is 9.53. The van der Waals surface area contributed by atoms with E-state index >= 15 is 0 Å². The van der Waals surface area contributed by atoms with Gasteiger partial charge in [-0.15, -0.1) is 0 Å². The van der Waals surface area contributed by atoms with Crippen LogP contribution in [0.1, 0.15) is 17.2 Å². The molecule has 0 saturated carbocycles. The molecule has 0 spiro atoms. The van der Waals surface area contributed by atoms with Gasteiger partial charge in [-0.25, -0.2) is 4.98 Å². The number of nitro groups is 1. The van der Waals surface area contributed by atoms with E-state index in [1.807, 2.05) is 0 Å². The average molecular weight is 431 g/mol. The van der Waals surface area contributed by atoms with Gasteiger partial charge >= 0.3 is 5.91 Å². The van der Waals surface area contributed by atoms with E-state index in [0.717, 1.165) is 0 Å². The van der Waals surface area contributed by atoms with E-state index in [1.165, 1.54) is 48.5 Å². The maximum Gasteiger partial charge on any atom is 0.301 e. The average Bonchev–Trinajstić information content (AvgIpc) is 3.09. The zero-order valence-electron chi connectivity index (χ0n) is 16.8. The van der Waals surface area contributed by atoms with Crippen molar-refractivity contribution in [1.82, 2.24) is 4.98 Å². The van der Waals surface area contributed by atoms with E-state index in [0.29, 0.717) is 11.3 Å². The fourth-order valence-electron chi connectivity index (χ4n) is 3.58. The number of amides is 1. The molecule has 4 rings (SSSR count). The quantitative estimate of drug-likeness (QED) is 0.215. The highest BCUT2D eigenvalue weighted by molar-refractivity contribution is 6.51. The molecule has 1 fully saturated rings. The molecule has 9 nitrogen and oxygen atoms in total. The van der Waals surface area contributed by atoms with Gasteiger partial charge in [0, 0.05) is 23.9 Å². The lowest BCUT2D eigenvalue weighted by molar-refractivity contribution is -0.384. The van der Waals surface area contributed by atoms with Crippen LogP contribution in [0.15, 0.2) is 78.5 Å². The molecular formula is C23H17N3O6. The second-order valence-electron chi connectivity index (χ2n) is 6.94. The van der Waals surface area contributed by atoms with Crippen LogP contribution >= 0.6 is 0 Å². The number of methoxy groups -OCH3 is 1. The lowest BCUT2D eigenvalue weighted by atomic mass is 9.95. The summed E-state index contributed by atoms with van der Waals surface area (Å²) in [6.45, 7) is 0. The Kier molecular flexibility index (Phi) is 5.38. The number of carbonyl (C=O) groups is 2. The van der Waals surface area contributed by atoms with Crippen LogP contribution in [0, 0.1) is 10.1 Å². The zero-order chi connectivity index (χ0) is 22.8. The Labute approximate surface area is 182 Å². The lowest BCUT2D eigenvalue weighted by Crippen LogP contribution is -2.30. The van der Waals surface area contributed by atoms with Crippen molar-refractivity contribution >= 4 is 29.0 Å². The van der Waals surface area contributed by atoms with Gasteiger partial charge in [0.2, 0.25) is 0 Å². The number of ketones is 1. The van der Waals surface area contributed by atoms with Gasteiger partial charge in [0.25, 0.3) is 11.5 Å². The second kappa shape index (κ2) is 8.31. The first kappa shape index (κ1) is 20.7. The molecule has 3 aromatic rings. The molecule has 9 heteroatoms. The third-order valence-corrected chi connectivity index (χ3v) is 5.10. The maximum atomic E-state index is 13.0. The number of aliphatic hydroxyl groups is 1. The molecule has 1 atom stereocenters. The number of hydrogen-bond acceptors (Lipinski definition) is 7. The topological polar surface area (TPSA) is 123 Å². The van der Waals surface area contributed by atoms with Crippen molar-refractivity contribution in [3.05, 3.63) is 99.7 Å². The molecule has 2 aromatic carbocycles. The summed E-state index contributed by atoms with van der Waals surface area (Å²) in [5.74, 6) is -1.47. The van der Waals surface area contributed by atoms with Crippen LogP contribution < -0.4 is 9.64 Å². The number of nitro benzene ring substituents is 1. The third kappa shape index (κ3) is 3.56. The fraction of sp³-hybridized carbons (Fsp3) is 0.0870. The van der Waals surface area contributed by atoms with Crippen LogP contribution in [-0.4, -0.2) is 33.8 Å². The summed E-state index contributed by atoms with van der Waals surface area (Å²) >= 11 is 0. The number of aliphatic hydroxyl groups excluding tert-OH is 1. The Balaban J connectivity index is 1.93. The first-order chi connectivity index (χ1) is 15.4. The van der Waals surface area contributed by atoms with Gasteiger partial charge in [-0.1, -0.05) is 18.2 Å². The molecular weight excluding hydrogens is 414 g/mol. The number of rotatable bonds is 5. The third-order valence-electron chi connectivity index (χ3n) is 5.10. The highest BCUT2D eigenvalue weighted by atomic mass is 16.6. The number of ether oxygens (including phenoxy) is 1. The molecule has 1 saturated heterocycles. The van der Waals surface area contributed by atoms with E-state index < -0.39 is 22.7 Å². The number of Topliss-reactive ketones (excluding diaryl/α,β-unsaturated/α-hetero) is 1. The van der Waals surface area contributed by atoms with E-state index in [1.54, 1.807) is 36.4 Å². The van der Waals surface area contributed by atoms with Crippen LogP contribution in [0.3, 0.4) is 0 Å². The number of anilines is 1. The SMILES string of the molecule is COc1cccc(C(O)=C2C(=O)C(=O)N(c3ccccn3)[C@H]2c2ccc([N+](=O)[O-])cc2)c1. The Bertz CT molecular complexity index is 1240. The molecule has 0 aliphatic carbocycles. The van der Waals surface area contributed by atoms with E-state index in [-0.39, 0.29) is 28.4 Å². The van der Waals surface area contributed by atoms with E-state index in [4.69, 9.17) is 4.74 Å². The molecule has 0 bridgehead atoms. The summed E-state index contributed by atoms with van der Waals surface area (Å²) in [4.78, 5) is 41.9. The monoisotopic (exact) mass is 431 g/mol. The number of aromatic nitrogens is 1. The molecule has 2 heterocycles. The highest BCUT2D eigenvalue weighted by Crippen LogP contribution is 2.42. The maximum absolute atomic E-state index is 13.0. The first-order valence-electron chi connectivity index (χ1n) is 9.53. The Morgan fingerprint density at radius 3 is 2.47 bits per heavy atom. The molecule has 32 heavy (non-hydrogen) atoms. The number of pyridine rings is 1. The fourth-order valence-corrected chi connectivity index (χ4v) is 3.58. The highest BCUT2D eigenvalue weighted by Gasteiger charge is 2.47. The van der Waals surface area contributed by atoms with Gasteiger partial charge in [-0.2, -0.15) is 0 Å². The van der Waals surface area contributed by atoms with Crippen molar-refractivity contribution in [3.63, 3.8) is 0 Å². The van der Waals surface area contributed by atoms with Crippen molar-refractivity contribution in [2.24, 2.45) is 0 Å². The molecule has 1 aliphatic heterocycles. The van der Waals surface area contributed by atoms with Crippen molar-refractivity contribution in [1.29, 1.82) is 0 Å². The van der Waals surface area contributed by atoms with Gasteiger partial charge in [0.1, 0.15) is 17.3 Å². The summed E-state index contributed by atoms with van der Waals surface area (Å²) < 4.78 is 5.18. The Hall–Kier alpha value is -4.53. The molecule has 1 aliphatic rings. The second-order valence-corrected chi connectivity index (χ2v) is 6.94. The number of non-ortho nitro benzene ring substituents is 1.